The van der Waals surface area contributed by atoms with Crippen LogP contribution in [0.1, 0.15) is 40.0 Å². The Morgan fingerprint density at radius 1 is 1.31 bits per heavy atom. The number of hydrogen-bond acceptors (Lipinski definition) is 2. The normalized spacial score (nSPS) is 40.0. The molecule has 0 aliphatic heterocycles. The van der Waals surface area contributed by atoms with E-state index in [-0.39, 0.29) is 11.9 Å². The lowest BCUT2D eigenvalue weighted by molar-refractivity contribution is -0.146. The third-order valence-electron chi connectivity index (χ3n) is 5.13. The van der Waals surface area contributed by atoms with Gasteiger partial charge in [-0.15, -0.1) is 0 Å². The molecule has 2 saturated carbocycles. The first kappa shape index (κ1) is 11.9. The summed E-state index contributed by atoms with van der Waals surface area (Å²) in [7, 11) is 1.50. The molecule has 0 aromatic heterocycles. The Morgan fingerprint density at radius 2 is 1.88 bits per heavy atom. The number of rotatable bonds is 4. The molecular formula is C14H24O2. The standard InChI is InChI=1S/C14H24O2/c1-5-8(2)13-11-6-10(7-12(11)13)9(3)14(15)16-4/h8-13H,5-7H2,1-4H3/t8?,9?,10-,11-,12+,13+. The molecule has 2 rings (SSSR count). The van der Waals surface area contributed by atoms with Gasteiger partial charge in [-0.1, -0.05) is 27.2 Å². The number of methoxy groups -OCH3 is 1. The molecule has 0 heterocycles. The number of ether oxygens (including phenoxy) is 1. The molecule has 2 nitrogen and oxygen atoms in total. The van der Waals surface area contributed by atoms with E-state index in [1.54, 1.807) is 0 Å². The van der Waals surface area contributed by atoms with Crippen LogP contribution in [0.4, 0.5) is 0 Å². The van der Waals surface area contributed by atoms with Crippen LogP contribution in [-0.4, -0.2) is 13.1 Å². The molecule has 2 fully saturated rings. The monoisotopic (exact) mass is 224 g/mol. The van der Waals surface area contributed by atoms with E-state index < -0.39 is 0 Å². The van der Waals surface area contributed by atoms with E-state index in [0.29, 0.717) is 5.92 Å². The summed E-state index contributed by atoms with van der Waals surface area (Å²) in [6.45, 7) is 6.69. The van der Waals surface area contributed by atoms with E-state index in [1.165, 1.54) is 26.4 Å². The van der Waals surface area contributed by atoms with Gasteiger partial charge in [0.2, 0.25) is 0 Å². The zero-order chi connectivity index (χ0) is 11.9. The minimum absolute atomic E-state index is 0.0219. The lowest BCUT2D eigenvalue weighted by Crippen LogP contribution is -2.22. The van der Waals surface area contributed by atoms with Gasteiger partial charge >= 0.3 is 5.97 Å². The van der Waals surface area contributed by atoms with Crippen molar-refractivity contribution in [1.29, 1.82) is 0 Å². The summed E-state index contributed by atoms with van der Waals surface area (Å²) >= 11 is 0. The van der Waals surface area contributed by atoms with Gasteiger partial charge in [0.1, 0.15) is 0 Å². The van der Waals surface area contributed by atoms with E-state index in [1.807, 2.05) is 6.92 Å². The van der Waals surface area contributed by atoms with Crippen LogP contribution in [0.5, 0.6) is 0 Å². The Bertz CT molecular complexity index is 262. The predicted octanol–water partition coefficient (Wildman–Crippen LogP) is 3.11. The van der Waals surface area contributed by atoms with Gasteiger partial charge in [-0.2, -0.15) is 0 Å². The Labute approximate surface area is 98.7 Å². The highest BCUT2D eigenvalue weighted by Crippen LogP contribution is 2.64. The van der Waals surface area contributed by atoms with Crippen LogP contribution in [0.25, 0.3) is 0 Å². The van der Waals surface area contributed by atoms with Gasteiger partial charge in [-0.3, -0.25) is 4.79 Å². The third-order valence-corrected chi connectivity index (χ3v) is 5.13. The van der Waals surface area contributed by atoms with Gasteiger partial charge in [-0.05, 0) is 42.4 Å². The highest BCUT2D eigenvalue weighted by molar-refractivity contribution is 5.72. The second kappa shape index (κ2) is 4.38. The second-order valence-electron chi connectivity index (χ2n) is 5.83. The van der Waals surface area contributed by atoms with Crippen LogP contribution in [-0.2, 0) is 9.53 Å². The van der Waals surface area contributed by atoms with Crippen molar-refractivity contribution in [2.24, 2.45) is 35.5 Å². The van der Waals surface area contributed by atoms with Crippen molar-refractivity contribution >= 4 is 5.97 Å². The summed E-state index contributed by atoms with van der Waals surface area (Å²) < 4.78 is 4.83. The molecule has 2 aliphatic rings. The van der Waals surface area contributed by atoms with Crippen LogP contribution in [0, 0.1) is 35.5 Å². The highest BCUT2D eigenvalue weighted by atomic mass is 16.5. The average Bonchev–Trinajstić information content (AvgIpc) is 2.80. The quantitative estimate of drug-likeness (QED) is 0.686. The Kier molecular flexibility index (Phi) is 3.27. The zero-order valence-electron chi connectivity index (χ0n) is 10.9. The van der Waals surface area contributed by atoms with E-state index in [4.69, 9.17) is 4.74 Å². The van der Waals surface area contributed by atoms with Crippen LogP contribution < -0.4 is 0 Å². The smallest absolute Gasteiger partial charge is 0.308 e. The van der Waals surface area contributed by atoms with Crippen LogP contribution in [0.15, 0.2) is 0 Å². The molecular weight excluding hydrogens is 200 g/mol. The van der Waals surface area contributed by atoms with Crippen LogP contribution in [0.3, 0.4) is 0 Å². The first-order valence-electron chi connectivity index (χ1n) is 6.67. The maximum atomic E-state index is 11.5. The molecule has 0 saturated heterocycles. The van der Waals surface area contributed by atoms with Gasteiger partial charge in [0.05, 0.1) is 13.0 Å². The van der Waals surface area contributed by atoms with Gasteiger partial charge < -0.3 is 4.74 Å². The molecule has 0 bridgehead atoms. The molecule has 2 aliphatic carbocycles. The van der Waals surface area contributed by atoms with Crippen molar-refractivity contribution in [1.82, 2.24) is 0 Å². The fourth-order valence-electron chi connectivity index (χ4n) is 3.84. The number of carbonyl (C=O) groups is 1. The summed E-state index contributed by atoms with van der Waals surface area (Å²) in [6.07, 6.45) is 3.82. The molecule has 0 aromatic rings. The van der Waals surface area contributed by atoms with Crippen molar-refractivity contribution in [2.75, 3.05) is 7.11 Å². The van der Waals surface area contributed by atoms with Crippen molar-refractivity contribution in [3.8, 4) is 0 Å². The van der Waals surface area contributed by atoms with E-state index >= 15 is 0 Å². The molecule has 2 unspecified atom stereocenters. The van der Waals surface area contributed by atoms with E-state index in [2.05, 4.69) is 13.8 Å². The highest BCUT2D eigenvalue weighted by Gasteiger charge is 2.58. The minimum atomic E-state index is -0.0219. The molecule has 0 aromatic carbocycles. The molecule has 0 spiro atoms. The number of hydrogen-bond donors (Lipinski definition) is 0. The second-order valence-corrected chi connectivity index (χ2v) is 5.83. The minimum Gasteiger partial charge on any atom is -0.469 e. The van der Waals surface area contributed by atoms with Crippen LogP contribution in [0.2, 0.25) is 0 Å². The number of carbonyl (C=O) groups excluding carboxylic acids is 1. The molecule has 2 heteroatoms. The topological polar surface area (TPSA) is 26.3 Å². The van der Waals surface area contributed by atoms with Gasteiger partial charge in [0, 0.05) is 0 Å². The largest absolute Gasteiger partial charge is 0.469 e. The predicted molar refractivity (Wildman–Crippen MR) is 63.8 cm³/mol. The molecule has 0 N–H and O–H groups in total. The first-order valence-corrected chi connectivity index (χ1v) is 6.67. The number of esters is 1. The average molecular weight is 224 g/mol. The SMILES string of the molecule is CCC(C)[C@H]1[C@@H]2C[C@@H](C(C)C(=O)OC)C[C@@H]21. The molecule has 6 atom stereocenters. The lowest BCUT2D eigenvalue weighted by atomic mass is 9.85. The Balaban J connectivity index is 1.84. The van der Waals surface area contributed by atoms with Gasteiger partial charge in [-0.25, -0.2) is 0 Å². The molecule has 0 radical (unpaired) electrons. The Hall–Kier alpha value is -0.530. The van der Waals surface area contributed by atoms with Crippen molar-refractivity contribution < 1.29 is 9.53 Å². The van der Waals surface area contributed by atoms with Gasteiger partial charge in [0.15, 0.2) is 0 Å². The maximum Gasteiger partial charge on any atom is 0.308 e. The molecule has 92 valence electrons. The zero-order valence-corrected chi connectivity index (χ0v) is 10.9. The van der Waals surface area contributed by atoms with Crippen molar-refractivity contribution in [3.63, 3.8) is 0 Å². The summed E-state index contributed by atoms with van der Waals surface area (Å²) in [4.78, 5) is 11.5. The molecule has 16 heavy (non-hydrogen) atoms. The van der Waals surface area contributed by atoms with Crippen LogP contribution >= 0.6 is 0 Å². The first-order chi connectivity index (χ1) is 7.60. The number of fused-ring (bicyclic) bond motifs is 1. The molecule has 0 amide bonds. The fourth-order valence-corrected chi connectivity index (χ4v) is 3.84. The lowest BCUT2D eigenvalue weighted by Gasteiger charge is -2.21. The summed E-state index contributed by atoms with van der Waals surface area (Å²) in [5.74, 6) is 4.36. The third kappa shape index (κ3) is 1.87. The van der Waals surface area contributed by atoms with E-state index in [0.717, 1.165) is 23.7 Å². The van der Waals surface area contributed by atoms with Crippen molar-refractivity contribution in [3.05, 3.63) is 0 Å². The fraction of sp³-hybridized carbons (Fsp3) is 0.929. The Morgan fingerprint density at radius 3 is 2.31 bits per heavy atom. The summed E-state index contributed by atoms with van der Waals surface area (Å²) in [5, 5.41) is 0. The van der Waals surface area contributed by atoms with Crippen molar-refractivity contribution in [2.45, 2.75) is 40.0 Å². The summed E-state index contributed by atoms with van der Waals surface area (Å²) in [5.41, 5.74) is 0. The van der Waals surface area contributed by atoms with Gasteiger partial charge in [0.25, 0.3) is 0 Å². The maximum absolute atomic E-state index is 11.5. The van der Waals surface area contributed by atoms with E-state index in [9.17, 15) is 4.79 Å². The summed E-state index contributed by atoms with van der Waals surface area (Å²) in [6, 6.07) is 0.